The van der Waals surface area contributed by atoms with Crippen LogP contribution in [0.1, 0.15) is 33.4 Å². The summed E-state index contributed by atoms with van der Waals surface area (Å²) in [5.74, 6) is 0. The first-order valence-corrected chi connectivity index (χ1v) is 11.0. The van der Waals surface area contributed by atoms with Crippen molar-refractivity contribution in [2.24, 2.45) is 0 Å². The van der Waals surface area contributed by atoms with Gasteiger partial charge < -0.3 is 9.30 Å². The van der Waals surface area contributed by atoms with Crippen molar-refractivity contribution in [1.82, 2.24) is 24.1 Å². The Kier molecular flexibility index (Phi) is 7.73. The minimum atomic E-state index is 0.421. The number of hydrogen-bond acceptors (Lipinski definition) is 4. The van der Waals surface area contributed by atoms with Crippen LogP contribution in [0, 0.1) is 6.92 Å². The summed E-state index contributed by atoms with van der Waals surface area (Å²) < 4.78 is 10.2. The molecule has 3 heterocycles. The van der Waals surface area contributed by atoms with Gasteiger partial charge in [0, 0.05) is 28.4 Å². The molecule has 0 aliphatic carbocycles. The minimum absolute atomic E-state index is 0.421. The standard InChI is InChI=1S/C21H19N5O.2C2H6/c1-15-20-21(23-12-22-15)25(13-24-20)14-27-11-10-26-18-8-4-2-6-16(18)17-7-3-5-9-19(17)26;2*1-2/h2-9,12-13H,10-11,14H2,1H3;2*1-2H3. The van der Waals surface area contributed by atoms with Gasteiger partial charge in [-0.05, 0) is 19.1 Å². The molecule has 0 radical (unpaired) electrons. The Morgan fingerprint density at radius 2 is 1.42 bits per heavy atom. The molecule has 0 fully saturated rings. The smallest absolute Gasteiger partial charge is 0.165 e. The molecule has 0 N–H and O–H groups in total. The number of hydrogen-bond donors (Lipinski definition) is 0. The average Bonchev–Trinajstić information content (AvgIpc) is 3.40. The van der Waals surface area contributed by atoms with E-state index in [1.54, 1.807) is 12.7 Å². The lowest BCUT2D eigenvalue weighted by Crippen LogP contribution is -2.09. The zero-order valence-corrected chi connectivity index (χ0v) is 19.0. The summed E-state index contributed by atoms with van der Waals surface area (Å²) in [6, 6.07) is 17.0. The van der Waals surface area contributed by atoms with Gasteiger partial charge >= 0.3 is 0 Å². The predicted molar refractivity (Wildman–Crippen MR) is 128 cm³/mol. The van der Waals surface area contributed by atoms with Crippen molar-refractivity contribution < 1.29 is 4.74 Å². The third-order valence-corrected chi connectivity index (χ3v) is 4.95. The molecular formula is C25H31N5O. The number of aryl methyl sites for hydroxylation is 1. The van der Waals surface area contributed by atoms with Crippen molar-refractivity contribution in [3.8, 4) is 0 Å². The second kappa shape index (κ2) is 10.7. The minimum Gasteiger partial charge on any atom is -0.359 e. The summed E-state index contributed by atoms with van der Waals surface area (Å²) in [4.78, 5) is 12.9. The molecule has 5 rings (SSSR count). The van der Waals surface area contributed by atoms with Gasteiger partial charge in [0.15, 0.2) is 5.65 Å². The van der Waals surface area contributed by atoms with E-state index in [2.05, 4.69) is 68.0 Å². The Bertz CT molecular complexity index is 1200. The fraction of sp³-hybridized carbons (Fsp3) is 0.320. The highest BCUT2D eigenvalue weighted by Gasteiger charge is 2.10. The topological polar surface area (TPSA) is 57.8 Å². The summed E-state index contributed by atoms with van der Waals surface area (Å²) in [6.07, 6.45) is 3.32. The Balaban J connectivity index is 0.000000645. The van der Waals surface area contributed by atoms with Gasteiger partial charge in [-0.3, -0.25) is 4.57 Å². The molecule has 0 saturated heterocycles. The number of ether oxygens (including phenoxy) is 1. The molecule has 0 amide bonds. The molecule has 0 atom stereocenters. The maximum Gasteiger partial charge on any atom is 0.165 e. The van der Waals surface area contributed by atoms with E-state index < -0.39 is 0 Å². The van der Waals surface area contributed by atoms with E-state index in [0.29, 0.717) is 13.3 Å². The lowest BCUT2D eigenvalue weighted by atomic mass is 10.2. The van der Waals surface area contributed by atoms with Crippen molar-refractivity contribution in [2.45, 2.75) is 47.9 Å². The van der Waals surface area contributed by atoms with Gasteiger partial charge in [0.1, 0.15) is 18.6 Å². The summed E-state index contributed by atoms with van der Waals surface area (Å²) in [5, 5.41) is 2.56. The molecular weight excluding hydrogens is 386 g/mol. The third-order valence-electron chi connectivity index (χ3n) is 4.95. The van der Waals surface area contributed by atoms with E-state index in [0.717, 1.165) is 23.4 Å². The number of nitrogens with zero attached hydrogens (tertiary/aromatic N) is 5. The lowest BCUT2D eigenvalue weighted by Gasteiger charge is -2.09. The van der Waals surface area contributed by atoms with Crippen LogP contribution >= 0.6 is 0 Å². The van der Waals surface area contributed by atoms with Crippen LogP contribution in [0.2, 0.25) is 0 Å². The highest BCUT2D eigenvalue weighted by Crippen LogP contribution is 2.28. The largest absolute Gasteiger partial charge is 0.359 e. The predicted octanol–water partition coefficient (Wildman–Crippen LogP) is 5.97. The van der Waals surface area contributed by atoms with E-state index in [4.69, 9.17) is 4.74 Å². The van der Waals surface area contributed by atoms with Gasteiger partial charge in [-0.25, -0.2) is 15.0 Å². The highest BCUT2D eigenvalue weighted by molar-refractivity contribution is 6.07. The molecule has 6 heteroatoms. The normalized spacial score (nSPS) is 10.6. The molecule has 31 heavy (non-hydrogen) atoms. The van der Waals surface area contributed by atoms with Crippen molar-refractivity contribution in [3.05, 3.63) is 66.9 Å². The summed E-state index contributed by atoms with van der Waals surface area (Å²) >= 11 is 0. The van der Waals surface area contributed by atoms with Crippen LogP contribution in [0.3, 0.4) is 0 Å². The fourth-order valence-corrected chi connectivity index (χ4v) is 3.66. The number of imidazole rings is 1. The number of fused-ring (bicyclic) bond motifs is 4. The molecule has 0 unspecified atom stereocenters. The zero-order valence-electron chi connectivity index (χ0n) is 19.0. The van der Waals surface area contributed by atoms with E-state index in [9.17, 15) is 0 Å². The molecule has 3 aromatic heterocycles. The van der Waals surface area contributed by atoms with Gasteiger partial charge in [0.2, 0.25) is 0 Å². The second-order valence-corrected chi connectivity index (χ2v) is 6.57. The first-order valence-electron chi connectivity index (χ1n) is 11.0. The molecule has 0 spiro atoms. The fourth-order valence-electron chi connectivity index (χ4n) is 3.66. The summed E-state index contributed by atoms with van der Waals surface area (Å²) in [6.45, 7) is 11.7. The molecule has 0 aliphatic heterocycles. The van der Waals surface area contributed by atoms with Crippen LogP contribution in [0.25, 0.3) is 33.0 Å². The van der Waals surface area contributed by atoms with Gasteiger partial charge in [-0.15, -0.1) is 0 Å². The van der Waals surface area contributed by atoms with E-state index in [-0.39, 0.29) is 0 Å². The Labute approximate surface area is 183 Å². The van der Waals surface area contributed by atoms with Crippen molar-refractivity contribution in [2.75, 3.05) is 6.61 Å². The van der Waals surface area contributed by atoms with Crippen molar-refractivity contribution >= 4 is 33.0 Å². The Morgan fingerprint density at radius 3 is 2.06 bits per heavy atom. The number of benzene rings is 2. The Hall–Kier alpha value is -3.25. The maximum absolute atomic E-state index is 5.94. The third kappa shape index (κ3) is 4.44. The molecule has 0 bridgehead atoms. The van der Waals surface area contributed by atoms with Crippen LogP contribution in [0.15, 0.2) is 61.2 Å². The molecule has 6 nitrogen and oxygen atoms in total. The van der Waals surface area contributed by atoms with E-state index in [1.165, 1.54) is 21.8 Å². The maximum atomic E-state index is 5.94. The molecule has 0 saturated carbocycles. The van der Waals surface area contributed by atoms with Crippen LogP contribution < -0.4 is 0 Å². The SMILES string of the molecule is CC.CC.Cc1ncnc2c1ncn2COCCn1c2ccccc2c2ccccc21. The van der Waals surface area contributed by atoms with Crippen LogP contribution in [0.5, 0.6) is 0 Å². The van der Waals surface area contributed by atoms with Crippen LogP contribution in [0.4, 0.5) is 0 Å². The lowest BCUT2D eigenvalue weighted by molar-refractivity contribution is 0.0742. The van der Waals surface area contributed by atoms with Gasteiger partial charge in [-0.2, -0.15) is 0 Å². The van der Waals surface area contributed by atoms with Gasteiger partial charge in [0.25, 0.3) is 0 Å². The van der Waals surface area contributed by atoms with Crippen molar-refractivity contribution in [3.63, 3.8) is 0 Å². The molecule has 2 aromatic carbocycles. The number of aromatic nitrogens is 5. The van der Waals surface area contributed by atoms with Crippen LogP contribution in [-0.4, -0.2) is 30.7 Å². The van der Waals surface area contributed by atoms with Gasteiger partial charge in [0.05, 0.1) is 18.6 Å². The zero-order chi connectivity index (χ0) is 22.2. The molecule has 162 valence electrons. The summed E-state index contributed by atoms with van der Waals surface area (Å²) in [7, 11) is 0. The summed E-state index contributed by atoms with van der Waals surface area (Å²) in [5.41, 5.74) is 4.98. The van der Waals surface area contributed by atoms with Crippen molar-refractivity contribution in [1.29, 1.82) is 0 Å². The van der Waals surface area contributed by atoms with Gasteiger partial charge in [-0.1, -0.05) is 64.1 Å². The number of rotatable bonds is 5. The van der Waals surface area contributed by atoms with Crippen LogP contribution in [-0.2, 0) is 18.0 Å². The number of para-hydroxylation sites is 2. The van der Waals surface area contributed by atoms with E-state index in [1.807, 2.05) is 39.2 Å². The first kappa shape index (κ1) is 22.4. The highest BCUT2D eigenvalue weighted by atomic mass is 16.5. The molecule has 5 aromatic rings. The Morgan fingerprint density at radius 1 is 0.806 bits per heavy atom. The first-order chi connectivity index (χ1) is 15.3. The van der Waals surface area contributed by atoms with E-state index >= 15 is 0 Å². The quantitative estimate of drug-likeness (QED) is 0.331. The average molecular weight is 418 g/mol. The molecule has 0 aliphatic rings. The monoisotopic (exact) mass is 417 g/mol. The second-order valence-electron chi connectivity index (χ2n) is 6.57.